The highest BCUT2D eigenvalue weighted by molar-refractivity contribution is 5.78. The van der Waals surface area contributed by atoms with Gasteiger partial charge < -0.3 is 10.4 Å². The molecule has 0 amide bonds. The van der Waals surface area contributed by atoms with E-state index in [-0.39, 0.29) is 0 Å². The number of carboxylic acids is 1. The maximum absolute atomic E-state index is 11.6. The minimum absolute atomic E-state index is 0.437. The summed E-state index contributed by atoms with van der Waals surface area (Å²) in [7, 11) is 0. The lowest BCUT2D eigenvalue weighted by Crippen LogP contribution is -2.63. The molecule has 0 aliphatic carbocycles. The van der Waals surface area contributed by atoms with Crippen LogP contribution in [-0.4, -0.2) is 71.2 Å². The topological polar surface area (TPSA) is 55.8 Å². The number of hydrogen-bond acceptors (Lipinski definition) is 4. The molecular weight excluding hydrogens is 254 g/mol. The Balaban J connectivity index is 2.00. The molecule has 2 aliphatic heterocycles. The van der Waals surface area contributed by atoms with Gasteiger partial charge in [-0.1, -0.05) is 6.92 Å². The summed E-state index contributed by atoms with van der Waals surface area (Å²) in [5.41, 5.74) is -0.842. The van der Waals surface area contributed by atoms with Crippen LogP contribution in [-0.2, 0) is 4.79 Å². The van der Waals surface area contributed by atoms with Gasteiger partial charge in [-0.15, -0.1) is 0 Å². The third-order valence-corrected chi connectivity index (χ3v) is 4.82. The average molecular weight is 283 g/mol. The second-order valence-electron chi connectivity index (χ2n) is 6.63. The number of nitrogens with zero attached hydrogens (tertiary/aromatic N) is 2. The Hall–Kier alpha value is -0.650. The molecule has 2 fully saturated rings. The van der Waals surface area contributed by atoms with Crippen LogP contribution < -0.4 is 5.32 Å². The second kappa shape index (κ2) is 6.41. The van der Waals surface area contributed by atoms with Crippen LogP contribution in [0.25, 0.3) is 0 Å². The molecule has 0 bridgehead atoms. The first-order valence-corrected chi connectivity index (χ1v) is 7.93. The standard InChI is InChI=1S/C15H29N3O2/c1-4-7-16-15(3,14(19)20)11-18-10-13-6-5-8-17(13)9-12(18)2/h12-13,16H,4-11H2,1-3H3,(H,19,20). The smallest absolute Gasteiger partial charge is 0.324 e. The molecule has 20 heavy (non-hydrogen) atoms. The van der Waals surface area contributed by atoms with Gasteiger partial charge in [0.1, 0.15) is 5.54 Å². The largest absolute Gasteiger partial charge is 0.480 e. The number of hydrogen-bond donors (Lipinski definition) is 2. The van der Waals surface area contributed by atoms with Crippen molar-refractivity contribution < 1.29 is 9.90 Å². The van der Waals surface area contributed by atoms with Crippen LogP contribution >= 0.6 is 0 Å². The third kappa shape index (κ3) is 3.32. The van der Waals surface area contributed by atoms with Crippen LogP contribution in [0.3, 0.4) is 0 Å². The molecule has 2 N–H and O–H groups in total. The molecule has 3 atom stereocenters. The molecule has 2 saturated heterocycles. The molecule has 0 aromatic rings. The Kier molecular flexibility index (Phi) is 5.04. The summed E-state index contributed by atoms with van der Waals surface area (Å²) in [5.74, 6) is -0.744. The maximum Gasteiger partial charge on any atom is 0.324 e. The third-order valence-electron chi connectivity index (χ3n) is 4.82. The van der Waals surface area contributed by atoms with Crippen LogP contribution in [0.15, 0.2) is 0 Å². The van der Waals surface area contributed by atoms with E-state index in [1.807, 2.05) is 6.92 Å². The van der Waals surface area contributed by atoms with E-state index >= 15 is 0 Å². The predicted molar refractivity (Wildman–Crippen MR) is 80.0 cm³/mol. The molecule has 5 nitrogen and oxygen atoms in total. The Morgan fingerprint density at radius 2 is 2.20 bits per heavy atom. The Bertz CT molecular complexity index is 350. The van der Waals surface area contributed by atoms with Crippen molar-refractivity contribution in [1.82, 2.24) is 15.1 Å². The highest BCUT2D eigenvalue weighted by Crippen LogP contribution is 2.25. The van der Waals surface area contributed by atoms with Crippen molar-refractivity contribution in [2.45, 2.75) is 57.7 Å². The predicted octanol–water partition coefficient (Wildman–Crippen LogP) is 0.998. The van der Waals surface area contributed by atoms with E-state index in [0.29, 0.717) is 18.6 Å². The van der Waals surface area contributed by atoms with Crippen molar-refractivity contribution in [3.05, 3.63) is 0 Å². The van der Waals surface area contributed by atoms with Gasteiger partial charge in [0.25, 0.3) is 0 Å². The van der Waals surface area contributed by atoms with Crippen molar-refractivity contribution in [3.8, 4) is 0 Å². The number of piperazine rings is 1. The summed E-state index contributed by atoms with van der Waals surface area (Å²) in [6.07, 6.45) is 3.50. The maximum atomic E-state index is 11.6. The number of aliphatic carboxylic acids is 1. The Labute approximate surface area is 122 Å². The molecule has 0 radical (unpaired) electrons. The first kappa shape index (κ1) is 15.7. The van der Waals surface area contributed by atoms with Crippen LogP contribution in [0.5, 0.6) is 0 Å². The van der Waals surface area contributed by atoms with Gasteiger partial charge in [-0.25, -0.2) is 0 Å². The zero-order chi connectivity index (χ0) is 14.8. The van der Waals surface area contributed by atoms with Crippen LogP contribution in [0.4, 0.5) is 0 Å². The summed E-state index contributed by atoms with van der Waals surface area (Å²) in [5, 5.41) is 12.8. The van der Waals surface area contributed by atoms with Crippen LogP contribution in [0.1, 0.15) is 40.0 Å². The Morgan fingerprint density at radius 3 is 2.85 bits per heavy atom. The minimum atomic E-state index is -0.842. The van der Waals surface area contributed by atoms with Gasteiger partial charge in [0, 0.05) is 31.7 Å². The molecule has 2 heterocycles. The van der Waals surface area contributed by atoms with Crippen LogP contribution in [0, 0.1) is 0 Å². The molecule has 3 unspecified atom stereocenters. The lowest BCUT2D eigenvalue weighted by atomic mass is 9.98. The SMILES string of the molecule is CCCNC(C)(CN1CC2CCCN2CC1C)C(=O)O. The Morgan fingerprint density at radius 1 is 1.45 bits per heavy atom. The molecule has 0 aromatic heterocycles. The van der Waals surface area contributed by atoms with Gasteiger partial charge in [-0.2, -0.15) is 0 Å². The van der Waals surface area contributed by atoms with E-state index in [4.69, 9.17) is 0 Å². The average Bonchev–Trinajstić information content (AvgIpc) is 2.83. The molecule has 116 valence electrons. The molecule has 2 aliphatic rings. The van der Waals surface area contributed by atoms with Gasteiger partial charge in [0.2, 0.25) is 0 Å². The van der Waals surface area contributed by atoms with Crippen molar-refractivity contribution in [2.75, 3.05) is 32.7 Å². The summed E-state index contributed by atoms with van der Waals surface area (Å²) >= 11 is 0. The summed E-state index contributed by atoms with van der Waals surface area (Å²) in [6, 6.07) is 1.07. The highest BCUT2D eigenvalue weighted by atomic mass is 16.4. The van der Waals surface area contributed by atoms with Crippen molar-refractivity contribution >= 4 is 5.97 Å². The molecule has 0 spiro atoms. The summed E-state index contributed by atoms with van der Waals surface area (Å²) < 4.78 is 0. The zero-order valence-electron chi connectivity index (χ0n) is 13.1. The fourth-order valence-electron chi connectivity index (χ4n) is 3.47. The van der Waals surface area contributed by atoms with Gasteiger partial charge in [-0.05, 0) is 46.2 Å². The van der Waals surface area contributed by atoms with Crippen LogP contribution in [0.2, 0.25) is 0 Å². The van der Waals surface area contributed by atoms with E-state index in [9.17, 15) is 9.90 Å². The highest BCUT2D eigenvalue weighted by Gasteiger charge is 2.40. The van der Waals surface area contributed by atoms with Gasteiger partial charge in [-0.3, -0.25) is 14.6 Å². The quantitative estimate of drug-likeness (QED) is 0.761. The lowest BCUT2D eigenvalue weighted by molar-refractivity contribution is -0.145. The first-order chi connectivity index (χ1) is 9.46. The number of rotatable bonds is 6. The van der Waals surface area contributed by atoms with Crippen molar-refractivity contribution in [3.63, 3.8) is 0 Å². The fraction of sp³-hybridized carbons (Fsp3) is 0.933. The normalized spacial score (nSPS) is 30.9. The summed E-state index contributed by atoms with van der Waals surface area (Å²) in [4.78, 5) is 16.6. The number of nitrogens with one attached hydrogen (secondary N) is 1. The minimum Gasteiger partial charge on any atom is -0.480 e. The number of carbonyl (C=O) groups is 1. The molecule has 0 aromatic carbocycles. The van der Waals surface area contributed by atoms with E-state index in [0.717, 1.165) is 26.1 Å². The zero-order valence-corrected chi connectivity index (χ0v) is 13.1. The lowest BCUT2D eigenvalue weighted by Gasteiger charge is -2.45. The number of carboxylic acid groups (broad SMARTS) is 1. The van der Waals surface area contributed by atoms with Gasteiger partial charge >= 0.3 is 5.97 Å². The second-order valence-corrected chi connectivity index (χ2v) is 6.63. The molecular formula is C15H29N3O2. The molecule has 5 heteroatoms. The van der Waals surface area contributed by atoms with Crippen molar-refractivity contribution in [2.24, 2.45) is 0 Å². The molecule has 0 saturated carbocycles. The van der Waals surface area contributed by atoms with Crippen molar-refractivity contribution in [1.29, 1.82) is 0 Å². The van der Waals surface area contributed by atoms with E-state index in [1.165, 1.54) is 19.4 Å². The van der Waals surface area contributed by atoms with E-state index in [1.54, 1.807) is 0 Å². The monoisotopic (exact) mass is 283 g/mol. The fourth-order valence-corrected chi connectivity index (χ4v) is 3.47. The summed E-state index contributed by atoms with van der Waals surface area (Å²) in [6.45, 7) is 10.7. The van der Waals surface area contributed by atoms with Gasteiger partial charge in [0.05, 0.1) is 0 Å². The first-order valence-electron chi connectivity index (χ1n) is 7.93. The number of fused-ring (bicyclic) bond motifs is 1. The van der Waals surface area contributed by atoms with Gasteiger partial charge in [0.15, 0.2) is 0 Å². The van der Waals surface area contributed by atoms with E-state index < -0.39 is 11.5 Å². The molecule has 2 rings (SSSR count). The van der Waals surface area contributed by atoms with E-state index in [2.05, 4.69) is 29.0 Å².